The van der Waals surface area contributed by atoms with Crippen LogP contribution < -0.4 is 5.32 Å². The first-order chi connectivity index (χ1) is 9.99. The zero-order valence-electron chi connectivity index (χ0n) is 12.3. The summed E-state index contributed by atoms with van der Waals surface area (Å²) in [5.74, 6) is -0.164. The van der Waals surface area contributed by atoms with Crippen molar-refractivity contribution in [1.29, 1.82) is 0 Å². The number of benzene rings is 1. The number of piperidine rings is 1. The van der Waals surface area contributed by atoms with Crippen molar-refractivity contribution in [2.75, 3.05) is 0 Å². The highest BCUT2D eigenvalue weighted by Gasteiger charge is 2.40. The predicted molar refractivity (Wildman–Crippen MR) is 77.2 cm³/mol. The molecule has 3 rings (SSSR count). The van der Waals surface area contributed by atoms with Crippen LogP contribution in [0.5, 0.6) is 0 Å². The summed E-state index contributed by atoms with van der Waals surface area (Å²) in [5.41, 5.74) is 3.21. The Balaban J connectivity index is 1.90. The molecule has 1 aromatic rings. The van der Waals surface area contributed by atoms with Gasteiger partial charge in [0, 0.05) is 18.5 Å². The first-order valence-corrected chi connectivity index (χ1v) is 7.38. The fraction of sp³-hybridized carbons (Fsp3) is 0.500. The van der Waals surface area contributed by atoms with E-state index in [1.165, 1.54) is 5.56 Å². The molecule has 0 radical (unpaired) electrons. The van der Waals surface area contributed by atoms with E-state index in [1.54, 1.807) is 4.90 Å². The van der Waals surface area contributed by atoms with Gasteiger partial charge >= 0.3 is 0 Å². The van der Waals surface area contributed by atoms with Crippen LogP contribution in [0.2, 0.25) is 0 Å². The first-order valence-electron chi connectivity index (χ1n) is 7.38. The number of carbonyl (C=O) groups is 2. The summed E-state index contributed by atoms with van der Waals surface area (Å²) in [6.07, 6.45) is 0.0161. The van der Waals surface area contributed by atoms with E-state index in [0.29, 0.717) is 25.3 Å². The van der Waals surface area contributed by atoms with Crippen molar-refractivity contribution in [2.45, 2.75) is 51.4 Å². The minimum absolute atomic E-state index is 0.231. The fourth-order valence-corrected chi connectivity index (χ4v) is 3.32. The summed E-state index contributed by atoms with van der Waals surface area (Å²) in [6.45, 7) is 4.80. The highest BCUT2D eigenvalue weighted by Crippen LogP contribution is 2.38. The molecule has 2 aliphatic rings. The second kappa shape index (κ2) is 5.24. The zero-order chi connectivity index (χ0) is 15.1. The molecule has 112 valence electrons. The Hall–Kier alpha value is -1.72. The van der Waals surface area contributed by atoms with Gasteiger partial charge < -0.3 is 5.11 Å². The highest BCUT2D eigenvalue weighted by atomic mass is 16.3. The quantitative estimate of drug-likeness (QED) is 0.808. The summed E-state index contributed by atoms with van der Waals surface area (Å²) in [7, 11) is 0. The Morgan fingerprint density at radius 1 is 1.33 bits per heavy atom. The van der Waals surface area contributed by atoms with Crippen LogP contribution in [-0.2, 0) is 16.1 Å². The smallest absolute Gasteiger partial charge is 0.244 e. The lowest BCUT2D eigenvalue weighted by Gasteiger charge is -2.31. The molecule has 1 fully saturated rings. The maximum Gasteiger partial charge on any atom is 0.244 e. The molecular weight excluding hydrogens is 268 g/mol. The Morgan fingerprint density at radius 2 is 2.10 bits per heavy atom. The van der Waals surface area contributed by atoms with E-state index in [2.05, 4.69) is 25.2 Å². The molecule has 2 atom stereocenters. The summed E-state index contributed by atoms with van der Waals surface area (Å²) in [4.78, 5) is 25.1. The van der Waals surface area contributed by atoms with Gasteiger partial charge in [-0.15, -0.1) is 0 Å². The standard InChI is InChI=1S/C16H20N2O3/c1-9(2)10-4-3-5-11-12(10)8-18(16(11)21)13-6-7-14(19)17-15(13)20/h3-5,9,13,16,21H,6-8H2,1-2H3,(H,17,19,20)/t13-,16?/m1/s1. The maximum atomic E-state index is 12.0. The van der Waals surface area contributed by atoms with Crippen LogP contribution in [-0.4, -0.2) is 27.9 Å². The van der Waals surface area contributed by atoms with Crippen molar-refractivity contribution in [3.05, 3.63) is 34.9 Å². The molecule has 2 N–H and O–H groups in total. The van der Waals surface area contributed by atoms with Gasteiger partial charge in [-0.05, 0) is 23.5 Å². The van der Waals surface area contributed by atoms with E-state index >= 15 is 0 Å². The van der Waals surface area contributed by atoms with Crippen LogP contribution in [0.1, 0.15) is 55.5 Å². The van der Waals surface area contributed by atoms with Crippen molar-refractivity contribution in [3.8, 4) is 0 Å². The van der Waals surface area contributed by atoms with Gasteiger partial charge in [0.1, 0.15) is 6.23 Å². The summed E-state index contributed by atoms with van der Waals surface area (Å²) < 4.78 is 0. The molecular formula is C16H20N2O3. The molecule has 21 heavy (non-hydrogen) atoms. The molecule has 0 saturated carbocycles. The number of fused-ring (bicyclic) bond motifs is 1. The first kappa shape index (κ1) is 14.2. The minimum Gasteiger partial charge on any atom is -0.374 e. The monoisotopic (exact) mass is 288 g/mol. The highest BCUT2D eigenvalue weighted by molar-refractivity contribution is 6.00. The van der Waals surface area contributed by atoms with Crippen molar-refractivity contribution >= 4 is 11.8 Å². The molecule has 5 heteroatoms. The number of amides is 2. The number of hydrogen-bond donors (Lipinski definition) is 2. The lowest BCUT2D eigenvalue weighted by Crippen LogP contribution is -2.51. The number of carbonyl (C=O) groups excluding carboxylic acids is 2. The molecule has 2 amide bonds. The number of aliphatic hydroxyl groups is 1. The van der Waals surface area contributed by atoms with Gasteiger partial charge in [-0.3, -0.25) is 19.8 Å². The minimum atomic E-state index is -0.775. The molecule has 5 nitrogen and oxygen atoms in total. The SMILES string of the molecule is CC(C)c1cccc2c1CN([C@@H]1CCC(=O)NC1=O)C2O. The van der Waals surface area contributed by atoms with E-state index in [4.69, 9.17) is 0 Å². The second-order valence-corrected chi connectivity index (χ2v) is 6.08. The molecule has 2 aliphatic heterocycles. The fourth-order valence-electron chi connectivity index (χ4n) is 3.32. The lowest BCUT2D eigenvalue weighted by molar-refractivity contribution is -0.141. The lowest BCUT2D eigenvalue weighted by atomic mass is 9.95. The summed E-state index contributed by atoms with van der Waals surface area (Å²) in [5, 5.41) is 12.9. The number of imide groups is 1. The normalized spacial score (nSPS) is 26.1. The van der Waals surface area contributed by atoms with Gasteiger partial charge in [0.2, 0.25) is 11.8 Å². The van der Waals surface area contributed by atoms with Crippen LogP contribution in [0.3, 0.4) is 0 Å². The Kier molecular flexibility index (Phi) is 3.55. The number of rotatable bonds is 2. The van der Waals surface area contributed by atoms with Crippen LogP contribution >= 0.6 is 0 Å². The van der Waals surface area contributed by atoms with Crippen molar-refractivity contribution in [2.24, 2.45) is 0 Å². The van der Waals surface area contributed by atoms with Crippen LogP contribution in [0.4, 0.5) is 0 Å². The van der Waals surface area contributed by atoms with Crippen molar-refractivity contribution in [3.63, 3.8) is 0 Å². The van der Waals surface area contributed by atoms with E-state index in [1.807, 2.05) is 12.1 Å². The third kappa shape index (κ3) is 2.36. The molecule has 2 heterocycles. The van der Waals surface area contributed by atoms with Crippen LogP contribution in [0.25, 0.3) is 0 Å². The molecule has 1 aromatic carbocycles. The molecule has 1 saturated heterocycles. The summed E-state index contributed by atoms with van der Waals surface area (Å²) >= 11 is 0. The molecule has 0 bridgehead atoms. The average Bonchev–Trinajstić information content (AvgIpc) is 2.76. The number of nitrogens with one attached hydrogen (secondary N) is 1. The maximum absolute atomic E-state index is 12.0. The number of nitrogens with zero attached hydrogens (tertiary/aromatic N) is 1. The average molecular weight is 288 g/mol. The van der Waals surface area contributed by atoms with E-state index in [-0.39, 0.29) is 11.8 Å². The third-order valence-electron chi connectivity index (χ3n) is 4.41. The number of aliphatic hydroxyl groups excluding tert-OH is 1. The second-order valence-electron chi connectivity index (χ2n) is 6.08. The Bertz CT molecular complexity index is 597. The summed E-state index contributed by atoms with van der Waals surface area (Å²) in [6, 6.07) is 5.50. The van der Waals surface area contributed by atoms with Crippen molar-refractivity contribution in [1.82, 2.24) is 10.2 Å². The van der Waals surface area contributed by atoms with Gasteiger partial charge in [-0.2, -0.15) is 0 Å². The Labute approximate surface area is 123 Å². The molecule has 1 unspecified atom stereocenters. The molecule has 0 aliphatic carbocycles. The van der Waals surface area contributed by atoms with E-state index in [0.717, 1.165) is 11.1 Å². The van der Waals surface area contributed by atoms with Crippen molar-refractivity contribution < 1.29 is 14.7 Å². The van der Waals surface area contributed by atoms with E-state index in [9.17, 15) is 14.7 Å². The van der Waals surface area contributed by atoms with Gasteiger partial charge in [0.25, 0.3) is 0 Å². The van der Waals surface area contributed by atoms with Gasteiger partial charge in [-0.1, -0.05) is 32.0 Å². The topological polar surface area (TPSA) is 69.6 Å². The van der Waals surface area contributed by atoms with Gasteiger partial charge in [0.05, 0.1) is 6.04 Å². The van der Waals surface area contributed by atoms with E-state index < -0.39 is 12.3 Å². The zero-order valence-corrected chi connectivity index (χ0v) is 12.3. The Morgan fingerprint density at radius 3 is 2.76 bits per heavy atom. The molecule has 0 spiro atoms. The molecule has 0 aromatic heterocycles. The van der Waals surface area contributed by atoms with Gasteiger partial charge in [-0.25, -0.2) is 0 Å². The largest absolute Gasteiger partial charge is 0.374 e. The van der Waals surface area contributed by atoms with Crippen LogP contribution in [0, 0.1) is 0 Å². The predicted octanol–water partition coefficient (Wildman–Crippen LogP) is 1.42. The number of hydrogen-bond acceptors (Lipinski definition) is 4. The third-order valence-corrected chi connectivity index (χ3v) is 4.41. The van der Waals surface area contributed by atoms with Gasteiger partial charge in [0.15, 0.2) is 0 Å². The van der Waals surface area contributed by atoms with Crippen LogP contribution in [0.15, 0.2) is 18.2 Å².